The summed E-state index contributed by atoms with van der Waals surface area (Å²) in [5, 5.41) is 24.6. The zero-order valence-electron chi connectivity index (χ0n) is 29.9. The molecule has 1 spiro atoms. The summed E-state index contributed by atoms with van der Waals surface area (Å²) < 4.78 is 12.2. The van der Waals surface area contributed by atoms with Gasteiger partial charge in [-0.05, 0) is 60.2 Å². The lowest BCUT2D eigenvalue weighted by Gasteiger charge is -2.47. The van der Waals surface area contributed by atoms with E-state index in [0.717, 1.165) is 57.8 Å². The van der Waals surface area contributed by atoms with Crippen molar-refractivity contribution in [1.82, 2.24) is 25.1 Å². The van der Waals surface area contributed by atoms with E-state index in [1.54, 1.807) is 30.3 Å². The zero-order valence-corrected chi connectivity index (χ0v) is 29.9. The number of nitrogen functional groups attached to an aromatic ring is 1. The molecule has 2 saturated heterocycles. The Morgan fingerprint density at radius 2 is 1.94 bits per heavy atom. The van der Waals surface area contributed by atoms with Crippen LogP contribution in [-0.4, -0.2) is 114 Å². The summed E-state index contributed by atoms with van der Waals surface area (Å²) in [7, 11) is 1.76. The molecule has 2 aliphatic rings. The number of likely N-dealkylation sites (tertiary alicyclic amines) is 1. The number of carbonyl (C=O) groups is 1. The molecule has 2 aliphatic heterocycles. The van der Waals surface area contributed by atoms with E-state index in [-0.39, 0.29) is 29.4 Å². The minimum absolute atomic E-state index is 0.00617. The fourth-order valence-corrected chi connectivity index (χ4v) is 7.17. The number of amides is 1. The third kappa shape index (κ3) is 9.46. The number of nitrogens with two attached hydrogens (primary N) is 1. The van der Waals surface area contributed by atoms with Crippen LogP contribution in [-0.2, 0) is 27.2 Å². The Balaban J connectivity index is 0.854. The Kier molecular flexibility index (Phi) is 12.4. The van der Waals surface area contributed by atoms with E-state index in [0.29, 0.717) is 61.5 Å². The second kappa shape index (κ2) is 17.3. The van der Waals surface area contributed by atoms with Crippen molar-refractivity contribution in [3.05, 3.63) is 93.9 Å². The van der Waals surface area contributed by atoms with E-state index < -0.39 is 6.10 Å². The average molecular weight is 714 g/mol. The van der Waals surface area contributed by atoms with Gasteiger partial charge >= 0.3 is 0 Å². The molecule has 1 atom stereocenters. The number of nitrogens with one attached hydrogen (secondary N) is 2. The molecular formula is C39H51N7O6. The monoisotopic (exact) mass is 713 g/mol. The number of likely N-dealkylation sites (N-methyl/N-ethyl adjacent to an activating group) is 1. The summed E-state index contributed by atoms with van der Waals surface area (Å²) in [4.78, 5) is 37.9. The molecule has 2 aromatic carbocycles. The summed E-state index contributed by atoms with van der Waals surface area (Å²) in [6.07, 6.45) is 3.96. The van der Waals surface area contributed by atoms with Crippen LogP contribution in [0.25, 0.3) is 10.9 Å². The van der Waals surface area contributed by atoms with E-state index in [1.807, 2.05) is 12.1 Å². The number of aromatic nitrogens is 2. The van der Waals surface area contributed by atoms with E-state index in [2.05, 4.69) is 49.4 Å². The predicted molar refractivity (Wildman–Crippen MR) is 201 cm³/mol. The van der Waals surface area contributed by atoms with Gasteiger partial charge < -0.3 is 45.5 Å². The molecule has 2 aromatic heterocycles. The number of benzene rings is 2. The molecule has 0 bridgehead atoms. The predicted octanol–water partition coefficient (Wildman–Crippen LogP) is 2.81. The number of H-pyrrole nitrogens is 1. The van der Waals surface area contributed by atoms with Gasteiger partial charge in [-0.25, -0.2) is 4.98 Å². The lowest BCUT2D eigenvalue weighted by atomic mass is 9.89. The van der Waals surface area contributed by atoms with Crippen molar-refractivity contribution in [2.75, 3.05) is 83.3 Å². The first-order valence-electron chi connectivity index (χ1n) is 18.1. The van der Waals surface area contributed by atoms with Crippen LogP contribution in [0.1, 0.15) is 42.1 Å². The number of aliphatic hydroxyl groups excluding tert-OH is 1. The number of anilines is 2. The maximum absolute atomic E-state index is 12.7. The highest BCUT2D eigenvalue weighted by atomic mass is 16.5. The van der Waals surface area contributed by atoms with Crippen LogP contribution < -0.4 is 21.5 Å². The fraction of sp³-hybridized carbons (Fsp3) is 0.462. The number of rotatable bonds is 15. The maximum Gasteiger partial charge on any atom is 0.248 e. The SMILES string of the molecule is CN(CCNC[C@H](O)c1ccc(O)c2[nH]c(=O)ccc12)C(=O)CCOCCc1cccc(CN2CCC3(CC2)CN(c2ncccc2N)CCO3)c1. The number of piperidine rings is 1. The number of aliphatic hydroxyl groups is 1. The van der Waals surface area contributed by atoms with Gasteiger partial charge in [-0.15, -0.1) is 0 Å². The lowest BCUT2D eigenvalue weighted by Crippen LogP contribution is -2.57. The summed E-state index contributed by atoms with van der Waals surface area (Å²) >= 11 is 0. The molecule has 6 rings (SSSR count). The van der Waals surface area contributed by atoms with Gasteiger partial charge in [0.05, 0.1) is 49.2 Å². The van der Waals surface area contributed by atoms with Crippen LogP contribution in [0.3, 0.4) is 0 Å². The molecule has 6 N–H and O–H groups in total. The van der Waals surface area contributed by atoms with E-state index in [9.17, 15) is 19.8 Å². The Hall–Kier alpha value is -4.53. The van der Waals surface area contributed by atoms with Crippen LogP contribution in [0.2, 0.25) is 0 Å². The van der Waals surface area contributed by atoms with Gasteiger partial charge in [0.1, 0.15) is 5.75 Å². The molecule has 13 heteroatoms. The molecule has 4 heterocycles. The number of morpholine rings is 1. The highest BCUT2D eigenvalue weighted by molar-refractivity contribution is 5.87. The fourth-order valence-electron chi connectivity index (χ4n) is 7.17. The Morgan fingerprint density at radius 3 is 2.77 bits per heavy atom. The second-order valence-electron chi connectivity index (χ2n) is 13.9. The van der Waals surface area contributed by atoms with Gasteiger partial charge in [-0.2, -0.15) is 0 Å². The topological polar surface area (TPSA) is 170 Å². The number of carbonyl (C=O) groups excluding carboxylic acids is 1. The van der Waals surface area contributed by atoms with Gasteiger partial charge in [0.15, 0.2) is 5.82 Å². The number of aromatic hydroxyl groups is 1. The quantitative estimate of drug-likeness (QED) is 0.115. The van der Waals surface area contributed by atoms with Crippen LogP contribution in [0.5, 0.6) is 5.75 Å². The Bertz CT molecular complexity index is 1860. The molecule has 0 unspecified atom stereocenters. The summed E-state index contributed by atoms with van der Waals surface area (Å²) in [6, 6.07) is 18.5. The van der Waals surface area contributed by atoms with E-state index in [1.165, 1.54) is 23.3 Å². The highest BCUT2D eigenvalue weighted by Crippen LogP contribution is 2.34. The van der Waals surface area contributed by atoms with Crippen LogP contribution in [0.15, 0.2) is 71.7 Å². The normalized spacial score (nSPS) is 16.7. The number of hydrogen-bond donors (Lipinski definition) is 5. The number of phenols is 1. The molecular weight excluding hydrogens is 662 g/mol. The van der Waals surface area contributed by atoms with Crippen molar-refractivity contribution in [1.29, 1.82) is 0 Å². The van der Waals surface area contributed by atoms with Gasteiger partial charge in [-0.1, -0.05) is 30.3 Å². The summed E-state index contributed by atoms with van der Waals surface area (Å²) in [5.74, 6) is 0.798. The molecule has 4 aromatic rings. The molecule has 278 valence electrons. The van der Waals surface area contributed by atoms with Gasteiger partial charge in [-0.3, -0.25) is 14.5 Å². The number of aromatic amines is 1. The van der Waals surface area contributed by atoms with Crippen LogP contribution in [0, 0.1) is 0 Å². The number of pyridine rings is 2. The molecule has 0 aliphatic carbocycles. The first kappa shape index (κ1) is 37.2. The smallest absolute Gasteiger partial charge is 0.248 e. The standard InChI is InChI=1S/C39H51N7O6/c1-44(19-16-41-25-34(48)30-7-9-33(47)37-31(30)8-10-35(49)43-37)36(50)12-22-51-21-11-28-4-2-5-29(24-28)26-45-17-13-39(14-18-45)27-46(20-23-52-39)38-32(40)6-3-15-42-38/h2-10,15,24,34,41,47-48H,11-14,16-23,25-27,40H2,1H3,(H,43,49)/t34-/m0/s1. The molecule has 13 nitrogen and oxygen atoms in total. The number of nitrogens with zero attached hydrogens (tertiary/aromatic N) is 4. The number of ether oxygens (including phenoxy) is 2. The molecule has 2 fully saturated rings. The number of hydrogen-bond acceptors (Lipinski definition) is 11. The molecule has 52 heavy (non-hydrogen) atoms. The Morgan fingerprint density at radius 1 is 1.12 bits per heavy atom. The van der Waals surface area contributed by atoms with Crippen molar-refractivity contribution >= 4 is 28.3 Å². The summed E-state index contributed by atoms with van der Waals surface area (Å²) in [5.41, 5.74) is 9.83. The van der Waals surface area contributed by atoms with Gasteiger partial charge in [0, 0.05) is 77.1 Å². The summed E-state index contributed by atoms with van der Waals surface area (Å²) in [6.45, 7) is 7.26. The largest absolute Gasteiger partial charge is 0.506 e. The minimum atomic E-state index is -0.857. The lowest BCUT2D eigenvalue weighted by molar-refractivity contribution is -0.131. The third-order valence-corrected chi connectivity index (χ3v) is 10.2. The van der Waals surface area contributed by atoms with Crippen LogP contribution >= 0.6 is 0 Å². The third-order valence-electron chi connectivity index (χ3n) is 10.2. The Labute approximate surface area is 304 Å². The van der Waals surface area contributed by atoms with Crippen molar-refractivity contribution in [2.45, 2.75) is 43.9 Å². The minimum Gasteiger partial charge on any atom is -0.506 e. The van der Waals surface area contributed by atoms with Crippen molar-refractivity contribution in [3.63, 3.8) is 0 Å². The maximum atomic E-state index is 12.7. The number of phenolic OH excluding ortho intramolecular Hbond substituents is 1. The molecule has 1 amide bonds. The van der Waals surface area contributed by atoms with Gasteiger partial charge in [0.25, 0.3) is 0 Å². The molecule has 0 saturated carbocycles. The van der Waals surface area contributed by atoms with Crippen LogP contribution in [0.4, 0.5) is 11.5 Å². The molecule has 0 radical (unpaired) electrons. The first-order valence-corrected chi connectivity index (χ1v) is 18.1. The van der Waals surface area contributed by atoms with E-state index >= 15 is 0 Å². The first-order chi connectivity index (χ1) is 25.2. The van der Waals surface area contributed by atoms with Crippen molar-refractivity contribution in [2.24, 2.45) is 0 Å². The van der Waals surface area contributed by atoms with Gasteiger partial charge in [0.2, 0.25) is 11.5 Å². The number of fused-ring (bicyclic) bond motifs is 1. The van der Waals surface area contributed by atoms with Crippen molar-refractivity contribution < 1.29 is 24.5 Å². The highest BCUT2D eigenvalue weighted by Gasteiger charge is 2.40. The van der Waals surface area contributed by atoms with E-state index in [4.69, 9.17) is 15.2 Å². The van der Waals surface area contributed by atoms with Crippen molar-refractivity contribution in [3.8, 4) is 5.75 Å². The zero-order chi connectivity index (χ0) is 36.5. The average Bonchev–Trinajstić information content (AvgIpc) is 3.15. The second-order valence-corrected chi connectivity index (χ2v) is 13.9.